The third-order valence-corrected chi connectivity index (χ3v) is 4.16. The van der Waals surface area contributed by atoms with Gasteiger partial charge in [0.25, 0.3) is 5.91 Å². The largest absolute Gasteiger partial charge is 0.301 e. The molecule has 24 heavy (non-hydrogen) atoms. The fraction of sp³-hybridized carbons (Fsp3) is 0.136. The van der Waals surface area contributed by atoms with Gasteiger partial charge in [0.1, 0.15) is 0 Å². The van der Waals surface area contributed by atoms with Gasteiger partial charge in [0.05, 0.1) is 6.04 Å². The van der Waals surface area contributed by atoms with Gasteiger partial charge in [-0.1, -0.05) is 73.7 Å². The first kappa shape index (κ1) is 16.0. The highest BCUT2D eigenvalue weighted by Gasteiger charge is 2.26. The lowest BCUT2D eigenvalue weighted by Crippen LogP contribution is -2.34. The minimum Gasteiger partial charge on any atom is -0.301 e. The molecule has 0 aliphatic rings. The first-order chi connectivity index (χ1) is 11.8. The monoisotopic (exact) mass is 315 g/mol. The Balaban J connectivity index is 2.07. The molecule has 3 aromatic carbocycles. The van der Waals surface area contributed by atoms with Gasteiger partial charge >= 0.3 is 0 Å². The van der Waals surface area contributed by atoms with Gasteiger partial charge in [-0.2, -0.15) is 0 Å². The highest BCUT2D eigenvalue weighted by molar-refractivity contribution is 6.06. The molecule has 0 heterocycles. The summed E-state index contributed by atoms with van der Waals surface area (Å²) in [6.45, 7) is 2.12. The van der Waals surface area contributed by atoms with E-state index >= 15 is 0 Å². The summed E-state index contributed by atoms with van der Waals surface area (Å²) in [7, 11) is 0. The van der Waals surface area contributed by atoms with Crippen molar-refractivity contribution >= 4 is 11.6 Å². The standard InChI is InChI=1S/C22H21NO/c1-2-21(18-12-6-3-7-13-18)23(20-16-10-5-11-17-20)22(24)19-14-8-4-9-15-19/h3-17,21H,2H2,1H3/t21-/m1/s1. The Labute approximate surface area is 143 Å². The second-order valence-corrected chi connectivity index (χ2v) is 5.71. The predicted molar refractivity (Wildman–Crippen MR) is 99.2 cm³/mol. The van der Waals surface area contributed by atoms with Crippen molar-refractivity contribution in [3.05, 3.63) is 102 Å². The summed E-state index contributed by atoms with van der Waals surface area (Å²) >= 11 is 0. The number of carbonyl (C=O) groups excluding carboxylic acids is 1. The minimum atomic E-state index is 0.00121. The molecule has 0 bridgehead atoms. The number of anilines is 1. The molecular formula is C22H21NO. The maximum atomic E-state index is 13.2. The van der Waals surface area contributed by atoms with E-state index in [1.54, 1.807) is 0 Å². The first-order valence-corrected chi connectivity index (χ1v) is 8.30. The number of carbonyl (C=O) groups is 1. The Hall–Kier alpha value is -2.87. The topological polar surface area (TPSA) is 20.3 Å². The van der Waals surface area contributed by atoms with E-state index in [9.17, 15) is 4.79 Å². The molecule has 0 aliphatic carbocycles. The Morgan fingerprint density at radius 3 is 1.83 bits per heavy atom. The van der Waals surface area contributed by atoms with Gasteiger partial charge in [-0.25, -0.2) is 0 Å². The van der Waals surface area contributed by atoms with E-state index < -0.39 is 0 Å². The third kappa shape index (κ3) is 3.38. The first-order valence-electron chi connectivity index (χ1n) is 8.30. The Morgan fingerprint density at radius 1 is 0.792 bits per heavy atom. The summed E-state index contributed by atoms with van der Waals surface area (Å²) in [4.78, 5) is 15.2. The van der Waals surface area contributed by atoms with Gasteiger partial charge in [-0.3, -0.25) is 4.79 Å². The van der Waals surface area contributed by atoms with Crippen LogP contribution in [0.15, 0.2) is 91.0 Å². The zero-order chi connectivity index (χ0) is 16.8. The van der Waals surface area contributed by atoms with Crippen LogP contribution < -0.4 is 4.90 Å². The van der Waals surface area contributed by atoms with Crippen LogP contribution in [0.4, 0.5) is 5.69 Å². The van der Waals surface area contributed by atoms with Crippen molar-refractivity contribution in [3.63, 3.8) is 0 Å². The predicted octanol–water partition coefficient (Wildman–Crippen LogP) is 5.48. The SMILES string of the molecule is CC[C@H](c1ccccc1)N(C(=O)c1ccccc1)c1ccccc1. The quantitative estimate of drug-likeness (QED) is 0.610. The molecule has 3 aromatic rings. The summed E-state index contributed by atoms with van der Waals surface area (Å²) in [5, 5.41) is 0. The number of para-hydroxylation sites is 1. The van der Waals surface area contributed by atoms with E-state index in [1.807, 2.05) is 83.8 Å². The van der Waals surface area contributed by atoms with Gasteiger partial charge in [0, 0.05) is 11.3 Å². The van der Waals surface area contributed by atoms with Crippen LogP contribution in [0.3, 0.4) is 0 Å². The molecule has 0 radical (unpaired) electrons. The molecule has 0 aromatic heterocycles. The number of amides is 1. The normalized spacial score (nSPS) is 11.7. The van der Waals surface area contributed by atoms with Gasteiger partial charge < -0.3 is 4.90 Å². The highest BCUT2D eigenvalue weighted by Crippen LogP contribution is 2.31. The zero-order valence-electron chi connectivity index (χ0n) is 13.8. The van der Waals surface area contributed by atoms with Crippen LogP contribution in [-0.2, 0) is 0 Å². The Morgan fingerprint density at radius 2 is 1.29 bits per heavy atom. The summed E-state index contributed by atoms with van der Waals surface area (Å²) < 4.78 is 0. The average Bonchev–Trinajstić information content (AvgIpc) is 2.67. The van der Waals surface area contributed by atoms with Crippen LogP contribution in [0.1, 0.15) is 35.3 Å². The maximum absolute atomic E-state index is 13.2. The zero-order valence-corrected chi connectivity index (χ0v) is 13.8. The number of rotatable bonds is 5. The van der Waals surface area contributed by atoms with Crippen LogP contribution in [-0.4, -0.2) is 5.91 Å². The molecule has 2 nitrogen and oxygen atoms in total. The maximum Gasteiger partial charge on any atom is 0.258 e. The number of nitrogens with zero attached hydrogens (tertiary/aromatic N) is 1. The Kier molecular flexibility index (Phi) is 5.07. The van der Waals surface area contributed by atoms with Crippen molar-refractivity contribution in [2.45, 2.75) is 19.4 Å². The molecule has 0 fully saturated rings. The summed E-state index contributed by atoms with van der Waals surface area (Å²) in [6.07, 6.45) is 0.845. The van der Waals surface area contributed by atoms with Crippen LogP contribution in [0.5, 0.6) is 0 Å². The van der Waals surface area contributed by atoms with Gasteiger partial charge in [0.2, 0.25) is 0 Å². The lowest BCUT2D eigenvalue weighted by Gasteiger charge is -2.32. The van der Waals surface area contributed by atoms with Crippen molar-refractivity contribution in [2.24, 2.45) is 0 Å². The van der Waals surface area contributed by atoms with Crippen molar-refractivity contribution < 1.29 is 4.79 Å². The molecule has 1 atom stereocenters. The van der Waals surface area contributed by atoms with E-state index in [1.165, 1.54) is 0 Å². The van der Waals surface area contributed by atoms with Crippen LogP contribution in [0.2, 0.25) is 0 Å². The average molecular weight is 315 g/mol. The molecule has 3 rings (SSSR count). The summed E-state index contributed by atoms with van der Waals surface area (Å²) in [5.74, 6) is 0.0255. The van der Waals surface area contributed by atoms with Crippen molar-refractivity contribution in [3.8, 4) is 0 Å². The van der Waals surface area contributed by atoms with E-state index in [0.29, 0.717) is 5.56 Å². The Bertz CT molecular complexity index is 769. The van der Waals surface area contributed by atoms with Gasteiger partial charge in [0.15, 0.2) is 0 Å². The number of benzene rings is 3. The number of hydrogen-bond acceptors (Lipinski definition) is 1. The molecule has 0 spiro atoms. The smallest absolute Gasteiger partial charge is 0.258 e. The second kappa shape index (κ2) is 7.60. The fourth-order valence-electron chi connectivity index (χ4n) is 2.99. The molecule has 0 aliphatic heterocycles. The van der Waals surface area contributed by atoms with E-state index in [0.717, 1.165) is 17.7 Å². The van der Waals surface area contributed by atoms with Crippen molar-refractivity contribution in [1.29, 1.82) is 0 Å². The molecular weight excluding hydrogens is 294 g/mol. The van der Waals surface area contributed by atoms with Crippen LogP contribution >= 0.6 is 0 Å². The molecule has 120 valence electrons. The van der Waals surface area contributed by atoms with Gasteiger partial charge in [-0.05, 0) is 36.2 Å². The molecule has 2 heteroatoms. The minimum absolute atomic E-state index is 0.00121. The molecule has 0 N–H and O–H groups in total. The fourth-order valence-corrected chi connectivity index (χ4v) is 2.99. The van der Waals surface area contributed by atoms with Crippen LogP contribution in [0, 0.1) is 0 Å². The van der Waals surface area contributed by atoms with Gasteiger partial charge in [-0.15, -0.1) is 0 Å². The van der Waals surface area contributed by atoms with Crippen molar-refractivity contribution in [2.75, 3.05) is 4.90 Å². The lowest BCUT2D eigenvalue weighted by atomic mass is 10.0. The highest BCUT2D eigenvalue weighted by atomic mass is 16.2. The molecule has 0 saturated heterocycles. The van der Waals surface area contributed by atoms with Crippen molar-refractivity contribution in [1.82, 2.24) is 0 Å². The van der Waals surface area contributed by atoms with E-state index in [2.05, 4.69) is 19.1 Å². The molecule has 0 saturated carbocycles. The number of hydrogen-bond donors (Lipinski definition) is 0. The molecule has 0 unspecified atom stereocenters. The second-order valence-electron chi connectivity index (χ2n) is 5.71. The lowest BCUT2D eigenvalue weighted by molar-refractivity contribution is 0.0975. The van der Waals surface area contributed by atoms with Crippen LogP contribution in [0.25, 0.3) is 0 Å². The third-order valence-electron chi connectivity index (χ3n) is 4.16. The van der Waals surface area contributed by atoms with E-state index in [-0.39, 0.29) is 11.9 Å². The molecule has 1 amide bonds. The summed E-state index contributed by atoms with van der Waals surface area (Å²) in [5.41, 5.74) is 2.77. The van der Waals surface area contributed by atoms with E-state index in [4.69, 9.17) is 0 Å². The summed E-state index contributed by atoms with van der Waals surface area (Å²) in [6, 6.07) is 29.6.